The number of hydrogen-bond donors (Lipinski definition) is 1. The second kappa shape index (κ2) is 6.83. The monoisotopic (exact) mass is 331 g/mol. The van der Waals surface area contributed by atoms with Gasteiger partial charge in [-0.25, -0.2) is 4.79 Å². The molecule has 1 saturated heterocycles. The maximum atomic E-state index is 12.4. The molecule has 0 radical (unpaired) electrons. The number of rotatable bonds is 3. The Morgan fingerprint density at radius 1 is 1.33 bits per heavy atom. The van der Waals surface area contributed by atoms with E-state index < -0.39 is 18.0 Å². The maximum absolute atomic E-state index is 12.4. The van der Waals surface area contributed by atoms with Gasteiger partial charge in [0.15, 0.2) is 0 Å². The van der Waals surface area contributed by atoms with Crippen molar-refractivity contribution in [2.75, 3.05) is 13.1 Å². The molecule has 24 heavy (non-hydrogen) atoms. The van der Waals surface area contributed by atoms with Crippen LogP contribution in [0.25, 0.3) is 0 Å². The minimum atomic E-state index is -0.789. The first-order chi connectivity index (χ1) is 11.5. The molecule has 1 amide bonds. The Morgan fingerprint density at radius 3 is 2.75 bits per heavy atom. The highest BCUT2D eigenvalue weighted by Crippen LogP contribution is 2.49. The number of carbonyl (C=O) groups excluding carboxylic acids is 1. The summed E-state index contributed by atoms with van der Waals surface area (Å²) < 4.78 is 5.39. The van der Waals surface area contributed by atoms with Gasteiger partial charge in [-0.2, -0.15) is 0 Å². The summed E-state index contributed by atoms with van der Waals surface area (Å²) in [6.07, 6.45) is 3.55. The lowest BCUT2D eigenvalue weighted by Gasteiger charge is -2.39. The lowest BCUT2D eigenvalue weighted by molar-refractivity contribution is -0.145. The summed E-state index contributed by atoms with van der Waals surface area (Å²) in [5.41, 5.74) is 0.649. The molecule has 1 saturated carbocycles. The second-order valence-electron chi connectivity index (χ2n) is 7.38. The molecule has 2 aliphatic rings. The van der Waals surface area contributed by atoms with Gasteiger partial charge in [0.05, 0.1) is 5.92 Å². The Balaban J connectivity index is 1.66. The molecule has 1 N–H and O–H groups in total. The van der Waals surface area contributed by atoms with Crippen LogP contribution in [0.1, 0.15) is 38.2 Å². The molecule has 1 heterocycles. The van der Waals surface area contributed by atoms with Crippen LogP contribution in [0, 0.1) is 17.3 Å². The van der Waals surface area contributed by atoms with Crippen molar-refractivity contribution in [1.82, 2.24) is 4.90 Å². The Bertz CT molecular complexity index is 603. The van der Waals surface area contributed by atoms with E-state index in [0.717, 1.165) is 31.2 Å². The highest BCUT2D eigenvalue weighted by Gasteiger charge is 2.53. The molecular formula is C19H25NO4. The highest BCUT2D eigenvalue weighted by atomic mass is 16.6. The summed E-state index contributed by atoms with van der Waals surface area (Å²) in [5.74, 6) is -0.757. The number of amides is 1. The van der Waals surface area contributed by atoms with Gasteiger partial charge in [0, 0.05) is 18.5 Å². The third kappa shape index (κ3) is 3.40. The molecule has 1 spiro atoms. The van der Waals surface area contributed by atoms with Crippen molar-refractivity contribution in [3.05, 3.63) is 35.9 Å². The first-order valence-corrected chi connectivity index (χ1v) is 8.69. The molecule has 1 aliphatic heterocycles. The maximum Gasteiger partial charge on any atom is 0.410 e. The molecule has 3 unspecified atom stereocenters. The predicted octanol–water partition coefficient (Wildman–Crippen LogP) is 3.54. The normalized spacial score (nSPS) is 29.6. The third-order valence-corrected chi connectivity index (χ3v) is 5.54. The number of carboxylic acid groups (broad SMARTS) is 1. The lowest BCUT2D eigenvalue weighted by Crippen LogP contribution is -2.39. The van der Waals surface area contributed by atoms with Crippen LogP contribution in [0.3, 0.4) is 0 Å². The summed E-state index contributed by atoms with van der Waals surface area (Å²) in [6.45, 7) is 3.16. The largest absolute Gasteiger partial charge is 0.481 e. The number of carboxylic acids is 1. The predicted molar refractivity (Wildman–Crippen MR) is 89.4 cm³/mol. The standard InChI is InChI=1S/C19H25NO4/c1-14-6-5-9-19(10-14)13-20(11-16(19)17(21)22)18(23)24-12-15-7-3-2-4-8-15/h2-4,7-8,14,16H,5-6,9-13H2,1H3,(H,21,22). The zero-order valence-corrected chi connectivity index (χ0v) is 14.1. The van der Waals surface area contributed by atoms with Gasteiger partial charge in [0.2, 0.25) is 0 Å². The SMILES string of the molecule is CC1CCCC2(C1)CN(C(=O)OCc1ccccc1)CC2C(=O)O. The number of likely N-dealkylation sites (tertiary alicyclic amines) is 1. The molecule has 5 nitrogen and oxygen atoms in total. The summed E-state index contributed by atoms with van der Waals surface area (Å²) in [6, 6.07) is 9.52. The van der Waals surface area contributed by atoms with Gasteiger partial charge >= 0.3 is 12.1 Å². The molecule has 5 heteroatoms. The van der Waals surface area contributed by atoms with Gasteiger partial charge in [-0.15, -0.1) is 0 Å². The van der Waals surface area contributed by atoms with Crippen LogP contribution in [0.4, 0.5) is 4.79 Å². The van der Waals surface area contributed by atoms with Crippen LogP contribution in [0.5, 0.6) is 0 Å². The van der Waals surface area contributed by atoms with Gasteiger partial charge in [-0.3, -0.25) is 4.79 Å². The number of nitrogens with zero attached hydrogens (tertiary/aromatic N) is 1. The minimum Gasteiger partial charge on any atom is -0.481 e. The summed E-state index contributed by atoms with van der Waals surface area (Å²) in [7, 11) is 0. The molecule has 130 valence electrons. The van der Waals surface area contributed by atoms with E-state index in [2.05, 4.69) is 6.92 Å². The summed E-state index contributed by atoms with van der Waals surface area (Å²) >= 11 is 0. The van der Waals surface area contributed by atoms with Crippen molar-refractivity contribution in [3.63, 3.8) is 0 Å². The van der Waals surface area contributed by atoms with Crippen molar-refractivity contribution in [2.24, 2.45) is 17.3 Å². The average molecular weight is 331 g/mol. The number of ether oxygens (including phenoxy) is 1. The molecule has 1 aromatic carbocycles. The fraction of sp³-hybridized carbons (Fsp3) is 0.579. The van der Waals surface area contributed by atoms with Gasteiger partial charge in [-0.1, -0.05) is 50.1 Å². The molecular weight excluding hydrogens is 306 g/mol. The van der Waals surface area contributed by atoms with Crippen molar-refractivity contribution in [3.8, 4) is 0 Å². The van der Waals surface area contributed by atoms with E-state index in [-0.39, 0.29) is 18.6 Å². The van der Waals surface area contributed by atoms with Crippen molar-refractivity contribution >= 4 is 12.1 Å². The van der Waals surface area contributed by atoms with E-state index in [1.54, 1.807) is 4.90 Å². The Labute approximate surface area is 142 Å². The fourth-order valence-electron chi connectivity index (χ4n) is 4.42. The number of hydrogen-bond acceptors (Lipinski definition) is 3. The van der Waals surface area contributed by atoms with Gasteiger partial charge in [0.1, 0.15) is 6.61 Å². The van der Waals surface area contributed by atoms with Crippen LogP contribution in [0.2, 0.25) is 0 Å². The smallest absolute Gasteiger partial charge is 0.410 e. The first kappa shape index (κ1) is 16.8. The first-order valence-electron chi connectivity index (χ1n) is 8.69. The van der Waals surface area contributed by atoms with E-state index in [9.17, 15) is 14.7 Å². The lowest BCUT2D eigenvalue weighted by atomic mass is 9.65. The summed E-state index contributed by atoms with van der Waals surface area (Å²) in [5, 5.41) is 9.65. The fourth-order valence-corrected chi connectivity index (χ4v) is 4.42. The third-order valence-electron chi connectivity index (χ3n) is 5.54. The number of benzene rings is 1. The zero-order valence-electron chi connectivity index (χ0n) is 14.1. The topological polar surface area (TPSA) is 66.8 Å². The molecule has 1 aromatic rings. The van der Waals surface area contributed by atoms with E-state index in [1.807, 2.05) is 30.3 Å². The van der Waals surface area contributed by atoms with Crippen molar-refractivity contribution < 1.29 is 19.4 Å². The number of aliphatic carboxylic acids is 1. The van der Waals surface area contributed by atoms with Crippen LogP contribution in [-0.2, 0) is 16.1 Å². The van der Waals surface area contributed by atoms with Crippen molar-refractivity contribution in [2.45, 2.75) is 39.2 Å². The molecule has 3 atom stereocenters. The molecule has 0 aromatic heterocycles. The molecule has 1 aliphatic carbocycles. The average Bonchev–Trinajstić information content (AvgIpc) is 2.92. The van der Waals surface area contributed by atoms with Crippen LogP contribution >= 0.6 is 0 Å². The highest BCUT2D eigenvalue weighted by molar-refractivity contribution is 5.75. The number of carbonyl (C=O) groups is 2. The second-order valence-corrected chi connectivity index (χ2v) is 7.38. The van der Waals surface area contributed by atoms with E-state index >= 15 is 0 Å². The van der Waals surface area contributed by atoms with Crippen LogP contribution < -0.4 is 0 Å². The van der Waals surface area contributed by atoms with E-state index in [1.165, 1.54) is 0 Å². The van der Waals surface area contributed by atoms with Gasteiger partial charge < -0.3 is 14.7 Å². The molecule has 0 bridgehead atoms. The minimum absolute atomic E-state index is 0.220. The zero-order chi connectivity index (χ0) is 17.2. The van der Waals surface area contributed by atoms with Gasteiger partial charge in [0.25, 0.3) is 0 Å². The van der Waals surface area contributed by atoms with Crippen LogP contribution in [-0.4, -0.2) is 35.2 Å². The van der Waals surface area contributed by atoms with E-state index in [0.29, 0.717) is 12.5 Å². The van der Waals surface area contributed by atoms with Gasteiger partial charge in [-0.05, 0) is 24.3 Å². The molecule has 3 rings (SSSR count). The van der Waals surface area contributed by atoms with E-state index in [4.69, 9.17) is 4.74 Å². The Morgan fingerprint density at radius 2 is 2.08 bits per heavy atom. The molecule has 2 fully saturated rings. The Kier molecular flexibility index (Phi) is 4.78. The van der Waals surface area contributed by atoms with Crippen molar-refractivity contribution in [1.29, 1.82) is 0 Å². The van der Waals surface area contributed by atoms with Crippen LogP contribution in [0.15, 0.2) is 30.3 Å². The quantitative estimate of drug-likeness (QED) is 0.920. The summed E-state index contributed by atoms with van der Waals surface area (Å²) in [4.78, 5) is 25.8. The Hall–Kier alpha value is -2.04.